The van der Waals surface area contributed by atoms with Crippen molar-refractivity contribution < 1.29 is 5.11 Å². The van der Waals surface area contributed by atoms with Gasteiger partial charge in [0.1, 0.15) is 0 Å². The van der Waals surface area contributed by atoms with Crippen molar-refractivity contribution in [2.45, 2.75) is 71.4 Å². The lowest BCUT2D eigenvalue weighted by Crippen LogP contribution is -2.44. The van der Waals surface area contributed by atoms with E-state index in [1.165, 1.54) is 25.9 Å². The van der Waals surface area contributed by atoms with Crippen LogP contribution < -0.4 is 5.73 Å². The van der Waals surface area contributed by atoms with Crippen LogP contribution in [0.25, 0.3) is 0 Å². The molecule has 0 aromatic heterocycles. The molecule has 0 heterocycles. The van der Waals surface area contributed by atoms with E-state index >= 15 is 0 Å². The smallest absolute Gasteiger partial charge is 0.0611 e. The minimum absolute atomic E-state index is 0.131. The normalized spacial score (nSPS) is 27.9. The first-order valence-corrected chi connectivity index (χ1v) is 8.00. The molecule has 0 amide bonds. The van der Waals surface area contributed by atoms with Crippen molar-refractivity contribution >= 4 is 0 Å². The quantitative estimate of drug-likeness (QED) is 0.713. The first-order chi connectivity index (χ1) is 8.86. The average Bonchev–Trinajstić information content (AvgIpc) is 2.72. The van der Waals surface area contributed by atoms with Gasteiger partial charge >= 0.3 is 0 Å². The number of nitrogens with two attached hydrogens (primary N) is 1. The molecule has 3 heteroatoms. The molecule has 19 heavy (non-hydrogen) atoms. The van der Waals surface area contributed by atoms with Gasteiger partial charge in [-0.25, -0.2) is 0 Å². The topological polar surface area (TPSA) is 49.5 Å². The molecule has 0 saturated heterocycles. The van der Waals surface area contributed by atoms with Gasteiger partial charge in [0.2, 0.25) is 0 Å². The summed E-state index contributed by atoms with van der Waals surface area (Å²) in [4.78, 5) is 2.63. The van der Waals surface area contributed by atoms with Gasteiger partial charge in [-0.2, -0.15) is 0 Å². The van der Waals surface area contributed by atoms with Gasteiger partial charge in [0, 0.05) is 11.6 Å². The predicted octanol–water partition coefficient (Wildman–Crippen LogP) is 2.62. The molecule has 2 unspecified atom stereocenters. The first-order valence-electron chi connectivity index (χ1n) is 8.00. The number of aliphatic hydroxyl groups is 1. The fraction of sp³-hybridized carbons (Fsp3) is 1.00. The molecule has 1 aliphatic carbocycles. The molecule has 1 fully saturated rings. The van der Waals surface area contributed by atoms with E-state index in [4.69, 9.17) is 5.73 Å². The van der Waals surface area contributed by atoms with Crippen LogP contribution in [0, 0.1) is 11.8 Å². The van der Waals surface area contributed by atoms with Crippen LogP contribution in [0.1, 0.15) is 59.8 Å². The second-order valence-corrected chi connectivity index (χ2v) is 7.32. The molecule has 3 nitrogen and oxygen atoms in total. The maximum atomic E-state index is 9.42. The van der Waals surface area contributed by atoms with Crippen molar-refractivity contribution in [3.05, 3.63) is 0 Å². The summed E-state index contributed by atoms with van der Waals surface area (Å²) in [7, 11) is 0. The molecule has 2 atom stereocenters. The summed E-state index contributed by atoms with van der Waals surface area (Å²) in [6.07, 6.45) is 5.58. The SMILES string of the molecule is CC(C)CCN(CCC(C)C)C1CCC(N)(CO)C1. The Bertz CT molecular complexity index is 243. The Morgan fingerprint density at radius 3 is 2.05 bits per heavy atom. The zero-order valence-corrected chi connectivity index (χ0v) is 13.4. The minimum atomic E-state index is -0.321. The first kappa shape index (κ1) is 16.9. The molecular formula is C16H34N2O. The Kier molecular flexibility index (Phi) is 6.78. The second kappa shape index (κ2) is 7.61. The minimum Gasteiger partial charge on any atom is -0.394 e. The van der Waals surface area contributed by atoms with Gasteiger partial charge in [-0.1, -0.05) is 27.7 Å². The molecule has 1 aliphatic rings. The third kappa shape index (κ3) is 5.80. The number of hydrogen-bond donors (Lipinski definition) is 2. The predicted molar refractivity (Wildman–Crippen MR) is 82.1 cm³/mol. The number of hydrogen-bond acceptors (Lipinski definition) is 3. The Morgan fingerprint density at radius 2 is 1.68 bits per heavy atom. The van der Waals surface area contributed by atoms with Crippen LogP contribution in [0.4, 0.5) is 0 Å². The van der Waals surface area contributed by atoms with E-state index in [2.05, 4.69) is 32.6 Å². The van der Waals surface area contributed by atoms with Gasteiger partial charge < -0.3 is 15.7 Å². The second-order valence-electron chi connectivity index (χ2n) is 7.32. The van der Waals surface area contributed by atoms with E-state index in [9.17, 15) is 5.11 Å². The van der Waals surface area contributed by atoms with E-state index in [1.807, 2.05) is 0 Å². The lowest BCUT2D eigenvalue weighted by molar-refractivity contribution is 0.155. The Labute approximate surface area is 119 Å². The fourth-order valence-electron chi connectivity index (χ4n) is 2.91. The Balaban J connectivity index is 2.52. The summed E-state index contributed by atoms with van der Waals surface area (Å²) in [5.41, 5.74) is 5.90. The lowest BCUT2D eigenvalue weighted by atomic mass is 10.00. The molecule has 1 rings (SSSR count). The highest BCUT2D eigenvalue weighted by Gasteiger charge is 2.37. The van der Waals surface area contributed by atoms with Crippen LogP contribution in [0.5, 0.6) is 0 Å². The standard InChI is InChI=1S/C16H34N2O/c1-13(2)6-9-18(10-7-14(3)4)15-5-8-16(17,11-15)12-19/h13-15,19H,5-12,17H2,1-4H3. The summed E-state index contributed by atoms with van der Waals surface area (Å²) >= 11 is 0. The van der Waals surface area contributed by atoms with Crippen LogP contribution >= 0.6 is 0 Å². The van der Waals surface area contributed by atoms with E-state index in [0.717, 1.165) is 31.1 Å². The zero-order chi connectivity index (χ0) is 14.5. The largest absolute Gasteiger partial charge is 0.394 e. The molecule has 0 radical (unpaired) electrons. The van der Waals surface area contributed by atoms with E-state index in [0.29, 0.717) is 6.04 Å². The summed E-state index contributed by atoms with van der Waals surface area (Å²) < 4.78 is 0. The Hall–Kier alpha value is -0.120. The van der Waals surface area contributed by atoms with Crippen molar-refractivity contribution in [2.24, 2.45) is 17.6 Å². The number of rotatable bonds is 8. The van der Waals surface area contributed by atoms with Crippen LogP contribution in [-0.2, 0) is 0 Å². The molecule has 3 N–H and O–H groups in total. The van der Waals surface area contributed by atoms with E-state index in [1.54, 1.807) is 0 Å². The van der Waals surface area contributed by atoms with Gasteiger partial charge in [-0.05, 0) is 57.0 Å². The van der Waals surface area contributed by atoms with Crippen LogP contribution in [-0.4, -0.2) is 41.3 Å². The maximum absolute atomic E-state index is 9.42. The lowest BCUT2D eigenvalue weighted by Gasteiger charge is -2.31. The zero-order valence-electron chi connectivity index (χ0n) is 13.4. The van der Waals surface area contributed by atoms with Crippen molar-refractivity contribution in [3.63, 3.8) is 0 Å². The molecule has 0 aromatic rings. The van der Waals surface area contributed by atoms with Gasteiger partial charge in [-0.3, -0.25) is 0 Å². The summed E-state index contributed by atoms with van der Waals surface area (Å²) in [5, 5.41) is 9.42. The molecule has 0 spiro atoms. The highest BCUT2D eigenvalue weighted by molar-refractivity contribution is 4.97. The highest BCUT2D eigenvalue weighted by atomic mass is 16.3. The number of aliphatic hydroxyl groups excluding tert-OH is 1. The third-order valence-corrected chi connectivity index (χ3v) is 4.44. The fourth-order valence-corrected chi connectivity index (χ4v) is 2.91. The Morgan fingerprint density at radius 1 is 1.16 bits per heavy atom. The van der Waals surface area contributed by atoms with Crippen LogP contribution in [0.3, 0.4) is 0 Å². The van der Waals surface area contributed by atoms with Crippen molar-refractivity contribution in [1.29, 1.82) is 0 Å². The summed E-state index contributed by atoms with van der Waals surface area (Å²) in [5.74, 6) is 1.51. The van der Waals surface area contributed by atoms with Gasteiger partial charge in [-0.15, -0.1) is 0 Å². The van der Waals surface area contributed by atoms with E-state index < -0.39 is 0 Å². The van der Waals surface area contributed by atoms with Gasteiger partial charge in [0.25, 0.3) is 0 Å². The third-order valence-electron chi connectivity index (χ3n) is 4.44. The molecule has 0 bridgehead atoms. The van der Waals surface area contributed by atoms with Crippen LogP contribution in [0.2, 0.25) is 0 Å². The van der Waals surface area contributed by atoms with Gasteiger partial charge in [0.05, 0.1) is 6.61 Å². The maximum Gasteiger partial charge on any atom is 0.0611 e. The van der Waals surface area contributed by atoms with Crippen molar-refractivity contribution in [2.75, 3.05) is 19.7 Å². The summed E-state index contributed by atoms with van der Waals surface area (Å²) in [6, 6.07) is 0.578. The molecule has 0 aliphatic heterocycles. The number of nitrogens with zero attached hydrogens (tertiary/aromatic N) is 1. The van der Waals surface area contributed by atoms with E-state index in [-0.39, 0.29) is 12.1 Å². The molecule has 1 saturated carbocycles. The van der Waals surface area contributed by atoms with Crippen molar-refractivity contribution in [3.8, 4) is 0 Å². The highest BCUT2D eigenvalue weighted by Crippen LogP contribution is 2.31. The molecular weight excluding hydrogens is 236 g/mol. The average molecular weight is 270 g/mol. The van der Waals surface area contributed by atoms with Crippen molar-refractivity contribution in [1.82, 2.24) is 4.90 Å². The van der Waals surface area contributed by atoms with Crippen LogP contribution in [0.15, 0.2) is 0 Å². The summed E-state index contributed by atoms with van der Waals surface area (Å²) in [6.45, 7) is 11.6. The van der Waals surface area contributed by atoms with Gasteiger partial charge in [0.15, 0.2) is 0 Å². The monoisotopic (exact) mass is 270 g/mol. The molecule has 0 aromatic carbocycles. The molecule has 114 valence electrons.